The molecule has 0 radical (unpaired) electrons. The van der Waals surface area contributed by atoms with E-state index in [0.29, 0.717) is 13.0 Å². The summed E-state index contributed by atoms with van der Waals surface area (Å²) in [6.07, 6.45) is -1.10. The third-order valence-corrected chi connectivity index (χ3v) is 6.81. The number of carbonyl (C=O) groups is 3. The van der Waals surface area contributed by atoms with Gasteiger partial charge in [0.15, 0.2) is 0 Å². The second kappa shape index (κ2) is 10.3. The van der Waals surface area contributed by atoms with Gasteiger partial charge in [0.2, 0.25) is 5.91 Å². The molecule has 1 aliphatic heterocycles. The Labute approximate surface area is 198 Å². The molecule has 2 aromatic carbocycles. The van der Waals surface area contributed by atoms with Gasteiger partial charge in [-0.05, 0) is 41.0 Å². The normalized spacial score (nSPS) is 20.2. The number of hydrogen-bond acceptors (Lipinski definition) is 5. The van der Waals surface area contributed by atoms with Crippen molar-refractivity contribution in [1.29, 1.82) is 0 Å². The van der Waals surface area contributed by atoms with Gasteiger partial charge in [-0.25, -0.2) is 4.79 Å². The first-order valence-electron chi connectivity index (χ1n) is 11.6. The summed E-state index contributed by atoms with van der Waals surface area (Å²) in [6, 6.07) is 14.9. The van der Waals surface area contributed by atoms with Gasteiger partial charge >= 0.3 is 12.1 Å². The van der Waals surface area contributed by atoms with E-state index in [1.807, 2.05) is 55.5 Å². The number of likely N-dealkylation sites (tertiary alicyclic amines) is 1. The summed E-state index contributed by atoms with van der Waals surface area (Å²) < 4.78 is 5.54. The Bertz CT molecular complexity index is 1030. The molecule has 2 aliphatic rings. The lowest BCUT2D eigenvalue weighted by Crippen LogP contribution is -2.53. The molecule has 8 heteroatoms. The van der Waals surface area contributed by atoms with Gasteiger partial charge < -0.3 is 25.2 Å². The van der Waals surface area contributed by atoms with Crippen molar-refractivity contribution in [3.63, 3.8) is 0 Å². The van der Waals surface area contributed by atoms with Crippen molar-refractivity contribution in [3.8, 4) is 11.1 Å². The first-order chi connectivity index (χ1) is 16.3. The number of alkyl carbamates (subject to hydrolysis) is 1. The van der Waals surface area contributed by atoms with Crippen molar-refractivity contribution >= 4 is 18.0 Å². The fourth-order valence-corrected chi connectivity index (χ4v) is 4.78. The van der Waals surface area contributed by atoms with Gasteiger partial charge in [0.25, 0.3) is 0 Å². The van der Waals surface area contributed by atoms with Gasteiger partial charge in [0.05, 0.1) is 6.10 Å². The smallest absolute Gasteiger partial charge is 0.407 e. The van der Waals surface area contributed by atoms with E-state index in [4.69, 9.17) is 9.84 Å². The SMILES string of the molecule is CC1CCN(C(=O)C(CCC(=O)O)NC(=O)OCC2c3ccccc3-c3ccccc32)CC1O. The molecule has 1 aliphatic carbocycles. The maximum atomic E-state index is 13.0. The van der Waals surface area contributed by atoms with E-state index in [1.165, 1.54) is 4.90 Å². The lowest BCUT2D eigenvalue weighted by atomic mass is 9.95. The minimum Gasteiger partial charge on any atom is -0.481 e. The predicted molar refractivity (Wildman–Crippen MR) is 125 cm³/mol. The van der Waals surface area contributed by atoms with E-state index in [-0.39, 0.29) is 37.8 Å². The molecule has 3 atom stereocenters. The van der Waals surface area contributed by atoms with Crippen LogP contribution in [0.4, 0.5) is 4.79 Å². The van der Waals surface area contributed by atoms with Gasteiger partial charge in [0, 0.05) is 25.4 Å². The van der Waals surface area contributed by atoms with Gasteiger partial charge in [-0.2, -0.15) is 0 Å². The summed E-state index contributed by atoms with van der Waals surface area (Å²) in [5, 5.41) is 21.8. The van der Waals surface area contributed by atoms with Crippen molar-refractivity contribution in [2.75, 3.05) is 19.7 Å². The molecule has 34 heavy (non-hydrogen) atoms. The highest BCUT2D eigenvalue weighted by Gasteiger charge is 2.33. The van der Waals surface area contributed by atoms with Gasteiger partial charge in [-0.1, -0.05) is 55.5 Å². The summed E-state index contributed by atoms with van der Waals surface area (Å²) >= 11 is 0. The molecule has 3 unspecified atom stereocenters. The number of ether oxygens (including phenoxy) is 1. The topological polar surface area (TPSA) is 116 Å². The summed E-state index contributed by atoms with van der Waals surface area (Å²) in [7, 11) is 0. The minimum atomic E-state index is -1.06. The number of amides is 2. The second-order valence-electron chi connectivity index (χ2n) is 9.07. The van der Waals surface area contributed by atoms with Crippen LogP contribution in [0.1, 0.15) is 43.2 Å². The fourth-order valence-electron chi connectivity index (χ4n) is 4.78. The van der Waals surface area contributed by atoms with Crippen LogP contribution in [0.25, 0.3) is 11.1 Å². The van der Waals surface area contributed by atoms with Crippen molar-refractivity contribution in [2.45, 2.75) is 44.2 Å². The number of carboxylic acid groups (broad SMARTS) is 1. The Hall–Kier alpha value is -3.39. The van der Waals surface area contributed by atoms with E-state index in [9.17, 15) is 19.5 Å². The molecule has 1 heterocycles. The number of fused-ring (bicyclic) bond motifs is 3. The summed E-state index contributed by atoms with van der Waals surface area (Å²) in [5.74, 6) is -1.50. The molecular weight excluding hydrogens is 436 g/mol. The largest absolute Gasteiger partial charge is 0.481 e. The summed E-state index contributed by atoms with van der Waals surface area (Å²) in [4.78, 5) is 38.3. The zero-order chi connectivity index (χ0) is 24.2. The van der Waals surface area contributed by atoms with Crippen molar-refractivity contribution in [2.24, 2.45) is 5.92 Å². The molecule has 4 rings (SSSR count). The van der Waals surface area contributed by atoms with Crippen molar-refractivity contribution in [1.82, 2.24) is 10.2 Å². The van der Waals surface area contributed by atoms with Crippen LogP contribution >= 0.6 is 0 Å². The number of piperidine rings is 1. The maximum Gasteiger partial charge on any atom is 0.407 e. The summed E-state index contributed by atoms with van der Waals surface area (Å²) in [5.41, 5.74) is 4.37. The van der Waals surface area contributed by atoms with E-state index in [0.717, 1.165) is 22.3 Å². The lowest BCUT2D eigenvalue weighted by molar-refractivity contribution is -0.139. The zero-order valence-corrected chi connectivity index (χ0v) is 19.1. The molecule has 0 spiro atoms. The number of aliphatic carboxylic acids is 1. The molecule has 3 N–H and O–H groups in total. The quantitative estimate of drug-likeness (QED) is 0.578. The lowest BCUT2D eigenvalue weighted by Gasteiger charge is -2.36. The minimum absolute atomic E-state index is 0.0550. The summed E-state index contributed by atoms with van der Waals surface area (Å²) in [6.45, 7) is 2.63. The second-order valence-corrected chi connectivity index (χ2v) is 9.07. The van der Waals surface area contributed by atoms with E-state index < -0.39 is 30.1 Å². The molecule has 1 saturated heterocycles. The predicted octanol–water partition coefficient (Wildman–Crippen LogP) is 2.99. The number of aliphatic hydroxyl groups is 1. The monoisotopic (exact) mass is 466 g/mol. The zero-order valence-electron chi connectivity index (χ0n) is 19.1. The number of aliphatic hydroxyl groups excluding tert-OH is 1. The molecule has 1 fully saturated rings. The fraction of sp³-hybridized carbons (Fsp3) is 0.423. The van der Waals surface area contributed by atoms with Crippen LogP contribution in [0.2, 0.25) is 0 Å². The van der Waals surface area contributed by atoms with Crippen LogP contribution in [-0.2, 0) is 14.3 Å². The van der Waals surface area contributed by atoms with E-state index >= 15 is 0 Å². The third-order valence-electron chi connectivity index (χ3n) is 6.81. The molecule has 180 valence electrons. The Kier molecular flexibility index (Phi) is 7.17. The molecule has 0 bridgehead atoms. The number of carbonyl (C=O) groups excluding carboxylic acids is 2. The number of hydrogen-bond donors (Lipinski definition) is 3. The Balaban J connectivity index is 1.42. The molecule has 8 nitrogen and oxygen atoms in total. The standard InChI is InChI=1S/C26H30N2O6/c1-16-12-13-28(14-23(16)29)25(32)22(10-11-24(30)31)27-26(33)34-15-21-19-8-4-2-6-17(19)18-7-3-5-9-20(18)21/h2-9,16,21-23,29H,10-15H2,1H3,(H,27,33)(H,30,31). The van der Waals surface area contributed by atoms with Crippen LogP contribution < -0.4 is 5.32 Å². The number of nitrogens with zero attached hydrogens (tertiary/aromatic N) is 1. The molecule has 2 amide bonds. The number of β-amino-alcohol motifs (C(OH)–C–C–N with tert-alkyl or cyclic N) is 1. The Morgan fingerprint density at radius 3 is 2.29 bits per heavy atom. The Morgan fingerprint density at radius 2 is 1.71 bits per heavy atom. The molecule has 2 aromatic rings. The van der Waals surface area contributed by atoms with Crippen LogP contribution in [0.3, 0.4) is 0 Å². The van der Waals surface area contributed by atoms with Crippen molar-refractivity contribution < 1.29 is 29.3 Å². The maximum absolute atomic E-state index is 13.0. The van der Waals surface area contributed by atoms with Crippen molar-refractivity contribution in [3.05, 3.63) is 59.7 Å². The van der Waals surface area contributed by atoms with Crippen LogP contribution in [-0.4, -0.2) is 64.9 Å². The first-order valence-corrected chi connectivity index (χ1v) is 11.6. The highest BCUT2D eigenvalue weighted by atomic mass is 16.5. The Morgan fingerprint density at radius 1 is 1.09 bits per heavy atom. The average molecular weight is 467 g/mol. The van der Waals surface area contributed by atoms with E-state index in [1.54, 1.807) is 0 Å². The number of carboxylic acids is 1. The number of rotatable bonds is 7. The average Bonchev–Trinajstić information content (AvgIpc) is 3.15. The molecule has 0 aromatic heterocycles. The van der Waals surface area contributed by atoms with Crippen LogP contribution in [0, 0.1) is 5.92 Å². The van der Waals surface area contributed by atoms with E-state index in [2.05, 4.69) is 5.32 Å². The third kappa shape index (κ3) is 5.07. The van der Waals surface area contributed by atoms with Gasteiger partial charge in [-0.15, -0.1) is 0 Å². The highest BCUT2D eigenvalue weighted by Crippen LogP contribution is 2.44. The number of nitrogens with one attached hydrogen (secondary N) is 1. The molecular formula is C26H30N2O6. The molecule has 0 saturated carbocycles. The number of benzene rings is 2. The van der Waals surface area contributed by atoms with Crippen LogP contribution in [0.15, 0.2) is 48.5 Å². The van der Waals surface area contributed by atoms with Crippen LogP contribution in [0.5, 0.6) is 0 Å². The van der Waals surface area contributed by atoms with Gasteiger partial charge in [-0.3, -0.25) is 9.59 Å². The van der Waals surface area contributed by atoms with Gasteiger partial charge in [0.1, 0.15) is 12.6 Å². The highest BCUT2D eigenvalue weighted by molar-refractivity contribution is 5.86. The first kappa shape index (κ1) is 23.8.